The van der Waals surface area contributed by atoms with E-state index < -0.39 is 0 Å². The molecule has 0 radical (unpaired) electrons. The van der Waals surface area contributed by atoms with Crippen LogP contribution in [-0.4, -0.2) is 63.3 Å². The molecule has 156 valence electrons. The van der Waals surface area contributed by atoms with Gasteiger partial charge in [-0.05, 0) is 55.5 Å². The van der Waals surface area contributed by atoms with Crippen LogP contribution in [0.5, 0.6) is 11.5 Å². The summed E-state index contributed by atoms with van der Waals surface area (Å²) in [6.45, 7) is 7.53. The summed E-state index contributed by atoms with van der Waals surface area (Å²) in [6, 6.07) is 13.8. The molecule has 1 aliphatic heterocycles. The van der Waals surface area contributed by atoms with Crippen LogP contribution in [0.4, 0.5) is 10.1 Å². The highest BCUT2D eigenvalue weighted by molar-refractivity contribution is 5.77. The van der Waals surface area contributed by atoms with E-state index in [0.717, 1.165) is 44.2 Å². The molecule has 1 fully saturated rings. The monoisotopic (exact) mass is 401 g/mol. The molecule has 0 aliphatic carbocycles. The van der Waals surface area contributed by atoms with Gasteiger partial charge in [0, 0.05) is 45.0 Å². The van der Waals surface area contributed by atoms with Crippen LogP contribution < -0.4 is 19.7 Å². The number of halogens is 1. The number of benzene rings is 2. The van der Waals surface area contributed by atoms with E-state index in [0.29, 0.717) is 18.9 Å². The van der Waals surface area contributed by atoms with Crippen molar-refractivity contribution in [3.63, 3.8) is 0 Å². The molecule has 1 N–H and O–H groups in total. The third-order valence-corrected chi connectivity index (χ3v) is 4.82. The Bertz CT molecular complexity index is 760. The predicted molar refractivity (Wildman–Crippen MR) is 111 cm³/mol. The first-order chi connectivity index (χ1) is 14.1. The maximum atomic E-state index is 13.0. The largest absolute Gasteiger partial charge is 0.494 e. The molecule has 6 nitrogen and oxygen atoms in total. The van der Waals surface area contributed by atoms with E-state index in [1.54, 1.807) is 12.1 Å². The van der Waals surface area contributed by atoms with Gasteiger partial charge in [0.1, 0.15) is 17.3 Å². The molecule has 2 aromatic carbocycles. The number of nitrogens with zero attached hydrogens (tertiary/aromatic N) is 2. The first-order valence-corrected chi connectivity index (χ1v) is 9.99. The van der Waals surface area contributed by atoms with Crippen molar-refractivity contribution >= 4 is 11.6 Å². The fraction of sp³-hybridized carbons (Fsp3) is 0.409. The van der Waals surface area contributed by atoms with Gasteiger partial charge in [-0.2, -0.15) is 0 Å². The van der Waals surface area contributed by atoms with Crippen LogP contribution in [0.3, 0.4) is 0 Å². The van der Waals surface area contributed by atoms with Crippen molar-refractivity contribution < 1.29 is 18.7 Å². The Hall–Kier alpha value is -2.80. The number of hydrogen-bond donors (Lipinski definition) is 1. The number of ether oxygens (including phenoxy) is 2. The topological polar surface area (TPSA) is 54.0 Å². The molecule has 7 heteroatoms. The van der Waals surface area contributed by atoms with E-state index in [1.807, 2.05) is 31.2 Å². The molecule has 3 rings (SSSR count). The Morgan fingerprint density at radius 3 is 2.21 bits per heavy atom. The summed E-state index contributed by atoms with van der Waals surface area (Å²) in [4.78, 5) is 16.5. The Morgan fingerprint density at radius 2 is 1.59 bits per heavy atom. The van der Waals surface area contributed by atoms with Crippen LogP contribution in [0.25, 0.3) is 0 Å². The van der Waals surface area contributed by atoms with Gasteiger partial charge >= 0.3 is 0 Å². The zero-order valence-electron chi connectivity index (χ0n) is 16.8. The molecule has 1 amide bonds. The molecular formula is C22H28FN3O3. The van der Waals surface area contributed by atoms with Crippen LogP contribution in [0.15, 0.2) is 48.5 Å². The lowest BCUT2D eigenvalue weighted by atomic mass is 10.2. The van der Waals surface area contributed by atoms with Crippen molar-refractivity contribution in [3.8, 4) is 11.5 Å². The summed E-state index contributed by atoms with van der Waals surface area (Å²) in [5.74, 6) is 1.07. The summed E-state index contributed by atoms with van der Waals surface area (Å²) < 4.78 is 23.9. The number of carbonyl (C=O) groups excluding carboxylic acids is 1. The highest BCUT2D eigenvalue weighted by atomic mass is 19.1. The van der Waals surface area contributed by atoms with Crippen molar-refractivity contribution in [2.24, 2.45) is 0 Å². The van der Waals surface area contributed by atoms with Gasteiger partial charge < -0.3 is 19.7 Å². The molecule has 0 spiro atoms. The molecule has 0 aromatic heterocycles. The molecule has 1 saturated heterocycles. The summed E-state index contributed by atoms with van der Waals surface area (Å²) in [6.07, 6.45) is 0. The summed E-state index contributed by atoms with van der Waals surface area (Å²) in [5.41, 5.74) is 1.05. The van der Waals surface area contributed by atoms with Crippen LogP contribution in [0, 0.1) is 5.82 Å². The third-order valence-electron chi connectivity index (χ3n) is 4.82. The third kappa shape index (κ3) is 6.64. The van der Waals surface area contributed by atoms with Crippen molar-refractivity contribution in [1.82, 2.24) is 10.2 Å². The lowest BCUT2D eigenvalue weighted by Crippen LogP contribution is -2.48. The maximum absolute atomic E-state index is 13.0. The normalized spacial score (nSPS) is 14.5. The fourth-order valence-electron chi connectivity index (χ4n) is 3.23. The Balaban J connectivity index is 1.30. The average molecular weight is 401 g/mol. The van der Waals surface area contributed by atoms with Crippen molar-refractivity contribution in [1.29, 1.82) is 0 Å². The number of hydrogen-bond acceptors (Lipinski definition) is 5. The molecule has 0 atom stereocenters. The lowest BCUT2D eigenvalue weighted by Gasteiger charge is -2.36. The summed E-state index contributed by atoms with van der Waals surface area (Å²) >= 11 is 0. The van der Waals surface area contributed by atoms with Gasteiger partial charge in [-0.1, -0.05) is 0 Å². The smallest absolute Gasteiger partial charge is 0.257 e. The summed E-state index contributed by atoms with van der Waals surface area (Å²) in [5, 5.41) is 2.90. The molecule has 0 saturated carbocycles. The van der Waals surface area contributed by atoms with Gasteiger partial charge in [-0.3, -0.25) is 9.69 Å². The van der Waals surface area contributed by atoms with Gasteiger partial charge in [0.25, 0.3) is 5.91 Å². The second-order valence-electron chi connectivity index (χ2n) is 6.85. The quantitative estimate of drug-likeness (QED) is 0.700. The number of carbonyl (C=O) groups is 1. The average Bonchev–Trinajstić information content (AvgIpc) is 2.75. The molecule has 29 heavy (non-hydrogen) atoms. The maximum Gasteiger partial charge on any atom is 0.257 e. The van der Waals surface area contributed by atoms with Crippen LogP contribution in [-0.2, 0) is 4.79 Å². The second kappa shape index (κ2) is 10.7. The van der Waals surface area contributed by atoms with Gasteiger partial charge in [-0.15, -0.1) is 0 Å². The second-order valence-corrected chi connectivity index (χ2v) is 6.85. The van der Waals surface area contributed by atoms with Gasteiger partial charge in [-0.25, -0.2) is 4.39 Å². The first kappa shape index (κ1) is 20.9. The number of nitrogens with one attached hydrogen (secondary N) is 1. The van der Waals surface area contributed by atoms with Gasteiger partial charge in [0.05, 0.1) is 6.61 Å². The minimum atomic E-state index is -0.213. The standard InChI is InChI=1S/C22H28FN3O3/c1-2-28-20-7-9-21(10-8-20)29-17-22(27)24-11-12-25-13-15-26(16-14-25)19-5-3-18(23)4-6-19/h3-10H,2,11-17H2,1H3,(H,24,27). The van der Waals surface area contributed by atoms with E-state index in [4.69, 9.17) is 9.47 Å². The number of anilines is 1. The molecule has 0 unspecified atom stereocenters. The summed E-state index contributed by atoms with van der Waals surface area (Å²) in [7, 11) is 0. The molecule has 1 aliphatic rings. The van der Waals surface area contributed by atoms with Gasteiger partial charge in [0.15, 0.2) is 6.61 Å². The van der Waals surface area contributed by atoms with E-state index in [9.17, 15) is 9.18 Å². The van der Waals surface area contributed by atoms with Crippen LogP contribution >= 0.6 is 0 Å². The van der Waals surface area contributed by atoms with Crippen LogP contribution in [0.2, 0.25) is 0 Å². The van der Waals surface area contributed by atoms with E-state index in [2.05, 4.69) is 15.1 Å². The van der Waals surface area contributed by atoms with E-state index in [1.165, 1.54) is 12.1 Å². The minimum absolute atomic E-state index is 0.00761. The molecular weight excluding hydrogens is 373 g/mol. The highest BCUT2D eigenvalue weighted by Gasteiger charge is 2.17. The number of rotatable bonds is 9. The first-order valence-electron chi connectivity index (χ1n) is 9.99. The lowest BCUT2D eigenvalue weighted by molar-refractivity contribution is -0.123. The number of amides is 1. The van der Waals surface area contributed by atoms with Crippen LogP contribution in [0.1, 0.15) is 6.92 Å². The molecule has 1 heterocycles. The van der Waals surface area contributed by atoms with E-state index in [-0.39, 0.29) is 18.3 Å². The van der Waals surface area contributed by atoms with Gasteiger partial charge in [0.2, 0.25) is 0 Å². The molecule has 2 aromatic rings. The molecule has 0 bridgehead atoms. The Labute approximate surface area is 171 Å². The zero-order valence-corrected chi connectivity index (χ0v) is 16.8. The zero-order chi connectivity index (χ0) is 20.5. The van der Waals surface area contributed by atoms with E-state index >= 15 is 0 Å². The highest BCUT2D eigenvalue weighted by Crippen LogP contribution is 2.18. The van der Waals surface area contributed by atoms with Crippen molar-refractivity contribution in [2.45, 2.75) is 6.92 Å². The fourth-order valence-corrected chi connectivity index (χ4v) is 3.23. The Morgan fingerprint density at radius 1 is 0.966 bits per heavy atom. The van der Waals surface area contributed by atoms with Crippen molar-refractivity contribution in [2.75, 3.05) is 57.4 Å². The SMILES string of the molecule is CCOc1ccc(OCC(=O)NCCN2CCN(c3ccc(F)cc3)CC2)cc1. The minimum Gasteiger partial charge on any atom is -0.494 e. The Kier molecular flexibility index (Phi) is 7.69. The van der Waals surface area contributed by atoms with Crippen molar-refractivity contribution in [3.05, 3.63) is 54.3 Å². The number of piperazine rings is 1. The predicted octanol–water partition coefficient (Wildman–Crippen LogP) is 2.54.